The average Bonchev–Trinajstić information content (AvgIpc) is 2.67. The number of fused-ring (bicyclic) bond motifs is 1. The molecule has 92 valence electrons. The van der Waals surface area contributed by atoms with Crippen molar-refractivity contribution in [3.63, 3.8) is 0 Å². The Labute approximate surface area is 115 Å². The highest BCUT2D eigenvalue weighted by Crippen LogP contribution is 2.22. The summed E-state index contributed by atoms with van der Waals surface area (Å²) in [5.41, 5.74) is 2.20. The van der Waals surface area contributed by atoms with Crippen molar-refractivity contribution < 1.29 is 0 Å². The van der Waals surface area contributed by atoms with Gasteiger partial charge in [-0.15, -0.1) is 11.6 Å². The second-order valence-electron chi connectivity index (χ2n) is 4.15. The van der Waals surface area contributed by atoms with Crippen molar-refractivity contribution >= 4 is 38.6 Å². The summed E-state index contributed by atoms with van der Waals surface area (Å²) in [5, 5.41) is 0. The molecule has 4 heteroatoms. The van der Waals surface area contributed by atoms with Crippen molar-refractivity contribution in [1.82, 2.24) is 9.55 Å². The number of imidazole rings is 1. The Morgan fingerprint density at radius 3 is 2.88 bits per heavy atom. The molecule has 1 aromatic heterocycles. The van der Waals surface area contributed by atoms with Crippen molar-refractivity contribution in [3.05, 3.63) is 28.5 Å². The molecule has 0 fully saturated rings. The number of halogens is 2. The van der Waals surface area contributed by atoms with Gasteiger partial charge in [0.15, 0.2) is 0 Å². The maximum absolute atomic E-state index is 5.96. The fourth-order valence-corrected chi connectivity index (χ4v) is 2.58. The molecule has 2 rings (SSSR count). The molecule has 0 aliphatic rings. The van der Waals surface area contributed by atoms with Crippen LogP contribution < -0.4 is 0 Å². The third-order valence-electron chi connectivity index (χ3n) is 2.89. The van der Waals surface area contributed by atoms with E-state index in [2.05, 4.69) is 44.5 Å². The SMILES string of the molecule is CCCCCn1c(CCl)nc2cc(Br)ccc21. The van der Waals surface area contributed by atoms with Crippen LogP contribution >= 0.6 is 27.5 Å². The standard InChI is InChI=1S/C13H16BrClN2/c1-2-3-4-7-17-12-6-5-10(14)8-11(12)16-13(17)9-15/h5-6,8H,2-4,7,9H2,1H3. The molecule has 0 aliphatic heterocycles. The molecule has 1 heterocycles. The first-order valence-corrected chi connectivity index (χ1v) is 7.29. The third kappa shape index (κ3) is 2.83. The van der Waals surface area contributed by atoms with Crippen LogP contribution in [0, 0.1) is 0 Å². The highest BCUT2D eigenvalue weighted by molar-refractivity contribution is 9.10. The number of hydrogen-bond donors (Lipinski definition) is 0. The number of alkyl halides is 1. The molecular formula is C13H16BrClN2. The van der Waals surface area contributed by atoms with Crippen LogP contribution in [0.25, 0.3) is 11.0 Å². The fraction of sp³-hybridized carbons (Fsp3) is 0.462. The number of rotatable bonds is 5. The van der Waals surface area contributed by atoms with Crippen LogP contribution in [0.15, 0.2) is 22.7 Å². The van der Waals surface area contributed by atoms with Gasteiger partial charge in [0.25, 0.3) is 0 Å². The molecule has 0 bridgehead atoms. The maximum atomic E-state index is 5.96. The van der Waals surface area contributed by atoms with Gasteiger partial charge in [-0.1, -0.05) is 35.7 Å². The average molecular weight is 316 g/mol. The van der Waals surface area contributed by atoms with Gasteiger partial charge in [0.1, 0.15) is 5.82 Å². The molecular weight excluding hydrogens is 300 g/mol. The van der Waals surface area contributed by atoms with Crippen molar-refractivity contribution in [2.45, 2.75) is 38.6 Å². The summed E-state index contributed by atoms with van der Waals surface area (Å²) < 4.78 is 3.30. The highest BCUT2D eigenvalue weighted by atomic mass is 79.9. The van der Waals surface area contributed by atoms with Crippen LogP contribution in [0.5, 0.6) is 0 Å². The Morgan fingerprint density at radius 2 is 2.18 bits per heavy atom. The molecule has 0 aliphatic carbocycles. The first-order chi connectivity index (χ1) is 8.26. The van der Waals surface area contributed by atoms with E-state index in [4.69, 9.17) is 11.6 Å². The van der Waals surface area contributed by atoms with Gasteiger partial charge in [-0.25, -0.2) is 4.98 Å². The highest BCUT2D eigenvalue weighted by Gasteiger charge is 2.09. The van der Waals surface area contributed by atoms with Crippen LogP contribution in [0.1, 0.15) is 32.0 Å². The molecule has 2 nitrogen and oxygen atoms in total. The Hall–Kier alpha value is -0.540. The van der Waals surface area contributed by atoms with Crippen molar-refractivity contribution in [2.24, 2.45) is 0 Å². The van der Waals surface area contributed by atoms with Crippen molar-refractivity contribution in [2.75, 3.05) is 0 Å². The second-order valence-corrected chi connectivity index (χ2v) is 5.34. The number of unbranched alkanes of at least 4 members (excludes halogenated alkanes) is 2. The lowest BCUT2D eigenvalue weighted by molar-refractivity contribution is 0.600. The number of nitrogens with zero attached hydrogens (tertiary/aromatic N) is 2. The number of hydrogen-bond acceptors (Lipinski definition) is 1. The van der Waals surface area contributed by atoms with E-state index in [-0.39, 0.29) is 0 Å². The molecule has 0 spiro atoms. The van der Waals surface area contributed by atoms with E-state index in [1.165, 1.54) is 24.8 Å². The van der Waals surface area contributed by atoms with Gasteiger partial charge in [-0.3, -0.25) is 0 Å². The Morgan fingerprint density at radius 1 is 1.35 bits per heavy atom. The number of aromatic nitrogens is 2. The van der Waals surface area contributed by atoms with E-state index < -0.39 is 0 Å². The van der Waals surface area contributed by atoms with E-state index in [0.717, 1.165) is 22.4 Å². The lowest BCUT2D eigenvalue weighted by atomic mass is 10.2. The summed E-state index contributed by atoms with van der Waals surface area (Å²) in [6.45, 7) is 3.22. The van der Waals surface area contributed by atoms with E-state index in [1.54, 1.807) is 0 Å². The molecule has 0 amide bonds. The summed E-state index contributed by atoms with van der Waals surface area (Å²) in [6.07, 6.45) is 3.66. The minimum atomic E-state index is 0.471. The maximum Gasteiger partial charge on any atom is 0.124 e. The predicted molar refractivity (Wildman–Crippen MR) is 76.5 cm³/mol. The van der Waals surface area contributed by atoms with Crippen LogP contribution in [-0.2, 0) is 12.4 Å². The van der Waals surface area contributed by atoms with Crippen LogP contribution in [0.3, 0.4) is 0 Å². The van der Waals surface area contributed by atoms with Gasteiger partial charge in [-0.2, -0.15) is 0 Å². The summed E-state index contributed by atoms with van der Waals surface area (Å²) in [4.78, 5) is 4.57. The lowest BCUT2D eigenvalue weighted by Crippen LogP contribution is -2.02. The minimum absolute atomic E-state index is 0.471. The summed E-state index contributed by atoms with van der Waals surface area (Å²) >= 11 is 9.43. The first kappa shape index (κ1) is 12.9. The number of aryl methyl sites for hydroxylation is 1. The van der Waals surface area contributed by atoms with E-state index in [9.17, 15) is 0 Å². The summed E-state index contributed by atoms with van der Waals surface area (Å²) in [6, 6.07) is 6.20. The quantitative estimate of drug-likeness (QED) is 0.576. The zero-order valence-corrected chi connectivity index (χ0v) is 12.3. The van der Waals surface area contributed by atoms with Crippen molar-refractivity contribution in [1.29, 1.82) is 0 Å². The molecule has 0 N–H and O–H groups in total. The molecule has 1 aromatic carbocycles. The Bertz CT molecular complexity index is 507. The van der Waals surface area contributed by atoms with Gasteiger partial charge in [-0.05, 0) is 24.6 Å². The summed E-state index contributed by atoms with van der Waals surface area (Å²) in [5.74, 6) is 1.44. The van der Waals surface area contributed by atoms with Gasteiger partial charge in [0.05, 0.1) is 16.9 Å². The topological polar surface area (TPSA) is 17.8 Å². The van der Waals surface area contributed by atoms with Gasteiger partial charge in [0, 0.05) is 11.0 Å². The zero-order valence-electron chi connectivity index (χ0n) is 9.92. The Balaban J connectivity index is 2.36. The lowest BCUT2D eigenvalue weighted by Gasteiger charge is -2.06. The molecule has 0 radical (unpaired) electrons. The van der Waals surface area contributed by atoms with Gasteiger partial charge in [0.2, 0.25) is 0 Å². The van der Waals surface area contributed by atoms with Crippen molar-refractivity contribution in [3.8, 4) is 0 Å². The van der Waals surface area contributed by atoms with E-state index in [1.807, 2.05) is 6.07 Å². The molecule has 0 saturated carbocycles. The molecule has 0 saturated heterocycles. The van der Waals surface area contributed by atoms with E-state index >= 15 is 0 Å². The molecule has 17 heavy (non-hydrogen) atoms. The molecule has 0 unspecified atom stereocenters. The normalized spacial score (nSPS) is 11.2. The zero-order chi connectivity index (χ0) is 12.3. The predicted octanol–water partition coefficient (Wildman–Crippen LogP) is 4.73. The van der Waals surface area contributed by atoms with Crippen LogP contribution in [0.4, 0.5) is 0 Å². The Kier molecular flexibility index (Phi) is 4.46. The third-order valence-corrected chi connectivity index (χ3v) is 3.63. The molecule has 0 atom stereocenters. The fourth-order valence-electron chi connectivity index (χ4n) is 2.02. The van der Waals surface area contributed by atoms with Gasteiger partial charge >= 0.3 is 0 Å². The van der Waals surface area contributed by atoms with Gasteiger partial charge < -0.3 is 4.57 Å². The first-order valence-electron chi connectivity index (χ1n) is 5.97. The smallest absolute Gasteiger partial charge is 0.124 e. The van der Waals surface area contributed by atoms with Crippen LogP contribution in [0.2, 0.25) is 0 Å². The molecule has 2 aromatic rings. The number of benzene rings is 1. The van der Waals surface area contributed by atoms with Crippen LogP contribution in [-0.4, -0.2) is 9.55 Å². The van der Waals surface area contributed by atoms with E-state index in [0.29, 0.717) is 5.88 Å². The monoisotopic (exact) mass is 314 g/mol. The minimum Gasteiger partial charge on any atom is -0.327 e. The largest absolute Gasteiger partial charge is 0.327 e. The summed E-state index contributed by atoms with van der Waals surface area (Å²) in [7, 11) is 0. The second kappa shape index (κ2) is 5.87.